The molecule has 0 saturated carbocycles. The fraction of sp³-hybridized carbons (Fsp3) is 0.529. The van der Waals surface area contributed by atoms with Crippen LogP contribution in [0.1, 0.15) is 33.3 Å². The molecule has 5 nitrogen and oxygen atoms in total. The molecule has 6 heteroatoms. The van der Waals surface area contributed by atoms with E-state index in [2.05, 4.69) is 27.9 Å². The summed E-state index contributed by atoms with van der Waals surface area (Å²) in [5, 5.41) is 2.95. The maximum absolute atomic E-state index is 12.1. The predicted molar refractivity (Wildman–Crippen MR) is 97.1 cm³/mol. The quantitative estimate of drug-likeness (QED) is 0.529. The van der Waals surface area contributed by atoms with Gasteiger partial charge in [0.1, 0.15) is 11.6 Å². The third-order valence-electron chi connectivity index (χ3n) is 2.87. The Bertz CT molecular complexity index is 540. The molecule has 1 aromatic rings. The van der Waals surface area contributed by atoms with Crippen molar-refractivity contribution in [3.05, 3.63) is 33.4 Å². The van der Waals surface area contributed by atoms with Gasteiger partial charge in [0.05, 0.1) is 13.2 Å². The van der Waals surface area contributed by atoms with E-state index in [0.29, 0.717) is 13.0 Å². The first kappa shape index (κ1) is 19.9. The van der Waals surface area contributed by atoms with Crippen molar-refractivity contribution in [2.75, 3.05) is 13.2 Å². The van der Waals surface area contributed by atoms with Gasteiger partial charge >= 0.3 is 11.9 Å². The highest BCUT2D eigenvalue weighted by atomic mass is 127. The zero-order valence-electron chi connectivity index (χ0n) is 14.0. The third kappa shape index (κ3) is 7.78. The number of hydrogen-bond acceptors (Lipinski definition) is 5. The Morgan fingerprint density at radius 3 is 2.48 bits per heavy atom. The van der Waals surface area contributed by atoms with Gasteiger partial charge < -0.3 is 9.47 Å². The van der Waals surface area contributed by atoms with Crippen molar-refractivity contribution in [1.82, 2.24) is 5.32 Å². The Kier molecular flexibility index (Phi) is 7.98. The van der Waals surface area contributed by atoms with Crippen LogP contribution in [0.3, 0.4) is 0 Å². The molecule has 0 saturated heterocycles. The number of nitrogens with one attached hydrogen (secondary N) is 1. The van der Waals surface area contributed by atoms with E-state index in [9.17, 15) is 9.59 Å². The molecule has 1 atom stereocenters. The molecule has 1 unspecified atom stereocenters. The number of ether oxygens (including phenoxy) is 2. The number of rotatable bonds is 7. The van der Waals surface area contributed by atoms with Crippen molar-refractivity contribution in [2.24, 2.45) is 0 Å². The minimum absolute atomic E-state index is 0.0375. The molecule has 0 amide bonds. The van der Waals surface area contributed by atoms with Crippen LogP contribution in [0.5, 0.6) is 0 Å². The van der Waals surface area contributed by atoms with Crippen molar-refractivity contribution in [3.8, 4) is 0 Å². The van der Waals surface area contributed by atoms with Crippen LogP contribution < -0.4 is 5.32 Å². The molecular formula is C17H24INO4. The Morgan fingerprint density at radius 2 is 1.91 bits per heavy atom. The summed E-state index contributed by atoms with van der Waals surface area (Å²) in [6.45, 7) is 7.44. The predicted octanol–water partition coefficient (Wildman–Crippen LogP) is 2.70. The van der Waals surface area contributed by atoms with E-state index in [1.807, 2.05) is 24.3 Å². The van der Waals surface area contributed by atoms with Gasteiger partial charge in [-0.15, -0.1) is 0 Å². The van der Waals surface area contributed by atoms with Gasteiger partial charge in [-0.25, -0.2) is 0 Å². The minimum Gasteiger partial charge on any atom is -0.465 e. The Labute approximate surface area is 151 Å². The van der Waals surface area contributed by atoms with Crippen molar-refractivity contribution in [1.29, 1.82) is 0 Å². The summed E-state index contributed by atoms with van der Waals surface area (Å²) in [7, 11) is 0. The van der Waals surface area contributed by atoms with Crippen LogP contribution >= 0.6 is 22.6 Å². The lowest BCUT2D eigenvalue weighted by Crippen LogP contribution is -2.43. The van der Waals surface area contributed by atoms with Crippen molar-refractivity contribution >= 4 is 34.5 Å². The van der Waals surface area contributed by atoms with E-state index >= 15 is 0 Å². The van der Waals surface area contributed by atoms with E-state index in [4.69, 9.17) is 9.47 Å². The second-order valence-electron chi connectivity index (χ2n) is 6.07. The van der Waals surface area contributed by atoms with Gasteiger partial charge in [0.25, 0.3) is 0 Å². The summed E-state index contributed by atoms with van der Waals surface area (Å²) in [4.78, 5) is 23.9. The minimum atomic E-state index is -0.585. The highest BCUT2D eigenvalue weighted by molar-refractivity contribution is 14.1. The first-order chi connectivity index (χ1) is 10.7. The summed E-state index contributed by atoms with van der Waals surface area (Å²) >= 11 is 2.23. The fourth-order valence-electron chi connectivity index (χ4n) is 1.95. The molecule has 0 heterocycles. The highest BCUT2D eigenvalue weighted by Crippen LogP contribution is 2.14. The Morgan fingerprint density at radius 1 is 1.26 bits per heavy atom. The molecule has 0 aliphatic carbocycles. The van der Waals surface area contributed by atoms with Gasteiger partial charge in [0.2, 0.25) is 0 Å². The number of carbonyl (C=O) groups excluding carboxylic acids is 2. The van der Waals surface area contributed by atoms with Crippen LogP contribution in [0.2, 0.25) is 0 Å². The second-order valence-corrected chi connectivity index (χ2v) is 7.23. The van der Waals surface area contributed by atoms with E-state index in [1.54, 1.807) is 27.7 Å². The molecule has 0 radical (unpaired) electrons. The highest BCUT2D eigenvalue weighted by Gasteiger charge is 2.23. The van der Waals surface area contributed by atoms with Crippen LogP contribution in [-0.2, 0) is 25.5 Å². The average molecular weight is 433 g/mol. The van der Waals surface area contributed by atoms with Crippen LogP contribution in [0.4, 0.5) is 0 Å². The molecule has 1 rings (SSSR count). The van der Waals surface area contributed by atoms with Crippen LogP contribution in [-0.4, -0.2) is 36.7 Å². The summed E-state index contributed by atoms with van der Waals surface area (Å²) < 4.78 is 11.4. The SMILES string of the molecule is CCOC(=O)C(Cc1ccccc1I)NCC(=O)OC(C)(C)C. The smallest absolute Gasteiger partial charge is 0.323 e. The number of carbonyl (C=O) groups is 2. The summed E-state index contributed by atoms with van der Waals surface area (Å²) in [6.07, 6.45) is 0.459. The average Bonchev–Trinajstić information content (AvgIpc) is 2.43. The van der Waals surface area contributed by atoms with E-state index in [-0.39, 0.29) is 12.5 Å². The largest absolute Gasteiger partial charge is 0.465 e. The molecular weight excluding hydrogens is 409 g/mol. The van der Waals surface area contributed by atoms with Gasteiger partial charge in [-0.05, 0) is 68.3 Å². The summed E-state index contributed by atoms with van der Waals surface area (Å²) in [6, 6.07) is 7.22. The normalized spacial score (nSPS) is 12.6. The third-order valence-corrected chi connectivity index (χ3v) is 3.92. The summed E-state index contributed by atoms with van der Waals surface area (Å²) in [5.74, 6) is -0.759. The maximum Gasteiger partial charge on any atom is 0.323 e. The standard InChI is InChI=1S/C17H24INO4/c1-5-22-16(21)14(10-12-8-6-7-9-13(12)18)19-11-15(20)23-17(2,3)4/h6-9,14,19H,5,10-11H2,1-4H3. The molecule has 0 fully saturated rings. The maximum atomic E-state index is 12.1. The van der Waals surface area contributed by atoms with Gasteiger partial charge in [-0.2, -0.15) is 0 Å². The first-order valence-corrected chi connectivity index (χ1v) is 8.66. The van der Waals surface area contributed by atoms with Crippen LogP contribution in [0.15, 0.2) is 24.3 Å². The molecule has 128 valence electrons. The van der Waals surface area contributed by atoms with Crippen molar-refractivity contribution in [2.45, 2.75) is 45.8 Å². The van der Waals surface area contributed by atoms with E-state index < -0.39 is 17.6 Å². The number of hydrogen-bond donors (Lipinski definition) is 1. The fourth-order valence-corrected chi connectivity index (χ4v) is 2.56. The topological polar surface area (TPSA) is 64.6 Å². The van der Waals surface area contributed by atoms with Crippen LogP contribution in [0, 0.1) is 3.57 Å². The van der Waals surface area contributed by atoms with E-state index in [0.717, 1.165) is 9.13 Å². The number of benzene rings is 1. The molecule has 23 heavy (non-hydrogen) atoms. The molecule has 0 aliphatic rings. The van der Waals surface area contributed by atoms with Gasteiger partial charge in [0, 0.05) is 3.57 Å². The lowest BCUT2D eigenvalue weighted by atomic mass is 10.1. The van der Waals surface area contributed by atoms with Crippen LogP contribution in [0.25, 0.3) is 0 Å². The zero-order chi connectivity index (χ0) is 17.5. The van der Waals surface area contributed by atoms with Crippen molar-refractivity contribution < 1.29 is 19.1 Å². The van der Waals surface area contributed by atoms with Gasteiger partial charge in [-0.3, -0.25) is 14.9 Å². The lowest BCUT2D eigenvalue weighted by Gasteiger charge is -2.21. The summed E-state index contributed by atoms with van der Waals surface area (Å²) in [5.41, 5.74) is 0.482. The van der Waals surface area contributed by atoms with E-state index in [1.165, 1.54) is 0 Å². The van der Waals surface area contributed by atoms with Gasteiger partial charge in [0.15, 0.2) is 0 Å². The molecule has 0 aromatic heterocycles. The number of halogens is 1. The first-order valence-electron chi connectivity index (χ1n) is 7.58. The molecule has 0 bridgehead atoms. The Balaban J connectivity index is 2.72. The molecule has 1 aromatic carbocycles. The molecule has 1 N–H and O–H groups in total. The monoisotopic (exact) mass is 433 g/mol. The van der Waals surface area contributed by atoms with Crippen molar-refractivity contribution in [3.63, 3.8) is 0 Å². The second kappa shape index (κ2) is 9.22. The number of esters is 2. The zero-order valence-corrected chi connectivity index (χ0v) is 16.2. The lowest BCUT2D eigenvalue weighted by molar-refractivity contribution is -0.154. The van der Waals surface area contributed by atoms with Gasteiger partial charge in [-0.1, -0.05) is 18.2 Å². The molecule has 0 spiro atoms. The molecule has 0 aliphatic heterocycles. The Hall–Kier alpha value is -1.15.